The van der Waals surface area contributed by atoms with Crippen LogP contribution in [0.15, 0.2) is 54.6 Å². The van der Waals surface area contributed by atoms with E-state index in [0.717, 1.165) is 11.4 Å². The molecule has 0 spiro atoms. The number of rotatable bonds is 2. The van der Waals surface area contributed by atoms with E-state index in [2.05, 4.69) is 16.3 Å². The van der Waals surface area contributed by atoms with E-state index < -0.39 is 0 Å². The van der Waals surface area contributed by atoms with E-state index >= 15 is 0 Å². The van der Waals surface area contributed by atoms with Crippen LogP contribution in [0.4, 0.5) is 11.4 Å². The molecule has 0 aromatic heterocycles. The normalized spacial score (nSPS) is 8.41. The fourth-order valence-electron chi connectivity index (χ4n) is 1.35. The van der Waals surface area contributed by atoms with Crippen LogP contribution >= 0.6 is 0 Å². The molecule has 0 bridgehead atoms. The van der Waals surface area contributed by atoms with E-state index in [1.54, 1.807) is 0 Å². The molecular formula is C14H18CoN2-2. The predicted molar refractivity (Wildman–Crippen MR) is 71.7 cm³/mol. The number of hydrogen-bond donors (Lipinski definition) is 0. The van der Waals surface area contributed by atoms with Gasteiger partial charge in [-0.25, -0.2) is 12.1 Å². The van der Waals surface area contributed by atoms with Crippen molar-refractivity contribution in [2.75, 3.05) is 26.0 Å². The van der Waals surface area contributed by atoms with Gasteiger partial charge in [-0.15, -0.1) is 12.7 Å². The van der Waals surface area contributed by atoms with Crippen LogP contribution in [0.5, 0.6) is 0 Å². The smallest absolute Gasteiger partial charge is 0.0209 e. The molecule has 0 fully saturated rings. The van der Waals surface area contributed by atoms with Crippen molar-refractivity contribution in [3.63, 3.8) is 0 Å². The van der Waals surface area contributed by atoms with Crippen molar-refractivity contribution < 1.29 is 16.8 Å². The van der Waals surface area contributed by atoms with Gasteiger partial charge in [-0.3, -0.25) is 0 Å². The Labute approximate surface area is 114 Å². The number of benzene rings is 1. The molecule has 95 valence electrons. The number of nitrogens with zero attached hydrogens (tertiary/aromatic N) is 2. The molecular weight excluding hydrogens is 255 g/mol. The molecule has 2 rings (SSSR count). The quantitative estimate of drug-likeness (QED) is 0.761. The van der Waals surface area contributed by atoms with E-state index in [-0.39, 0.29) is 16.8 Å². The summed E-state index contributed by atoms with van der Waals surface area (Å²) < 4.78 is 0. The summed E-state index contributed by atoms with van der Waals surface area (Å²) in [4.78, 5) is 2.06. The summed E-state index contributed by atoms with van der Waals surface area (Å²) in [6.45, 7) is 0. The molecule has 0 aliphatic heterocycles. The first-order chi connectivity index (χ1) is 7.75. The first-order valence-electron chi connectivity index (χ1n) is 5.28. The Morgan fingerprint density at radius 1 is 1.00 bits per heavy atom. The number of hydrogen-bond acceptors (Lipinski definition) is 1. The minimum absolute atomic E-state index is 0. The zero-order valence-electron chi connectivity index (χ0n) is 10.4. The molecule has 2 aromatic rings. The SMILES string of the molecule is C[N-]c1ccccc1N(C)C.[Co].c1cc[cH-]c1. The van der Waals surface area contributed by atoms with Crippen molar-refractivity contribution in [2.24, 2.45) is 0 Å². The third-order valence-electron chi connectivity index (χ3n) is 2.16. The van der Waals surface area contributed by atoms with Crippen molar-refractivity contribution in [2.45, 2.75) is 0 Å². The van der Waals surface area contributed by atoms with Crippen LogP contribution < -0.4 is 4.90 Å². The van der Waals surface area contributed by atoms with Crippen molar-refractivity contribution in [3.05, 3.63) is 59.9 Å². The van der Waals surface area contributed by atoms with Gasteiger partial charge in [0, 0.05) is 36.6 Å². The van der Waals surface area contributed by atoms with Gasteiger partial charge in [0.25, 0.3) is 0 Å². The molecule has 0 unspecified atom stereocenters. The number of anilines is 1. The average molecular weight is 273 g/mol. The zero-order chi connectivity index (χ0) is 11.8. The zero-order valence-corrected chi connectivity index (χ0v) is 11.5. The molecule has 17 heavy (non-hydrogen) atoms. The van der Waals surface area contributed by atoms with Gasteiger partial charge in [0.2, 0.25) is 0 Å². The standard InChI is InChI=1S/C9H13N2.C5H5.Co/c1-10-8-6-4-5-7-9(8)11(2)3;1-2-4-5-3-1;/h4-7H,1-3H3;1-5H;/q2*-1;. The van der Waals surface area contributed by atoms with Gasteiger partial charge in [0.15, 0.2) is 0 Å². The molecule has 0 amide bonds. The van der Waals surface area contributed by atoms with Gasteiger partial charge >= 0.3 is 0 Å². The Hall–Kier alpha value is -1.32. The maximum absolute atomic E-state index is 4.15. The van der Waals surface area contributed by atoms with Crippen LogP contribution in [0.2, 0.25) is 0 Å². The Bertz CT molecular complexity index is 366. The monoisotopic (exact) mass is 273 g/mol. The molecule has 2 aromatic carbocycles. The van der Waals surface area contributed by atoms with Gasteiger partial charge in [0.05, 0.1) is 0 Å². The van der Waals surface area contributed by atoms with Gasteiger partial charge in [0.1, 0.15) is 0 Å². The van der Waals surface area contributed by atoms with Gasteiger partial charge in [-0.1, -0.05) is 18.2 Å². The van der Waals surface area contributed by atoms with Crippen molar-refractivity contribution in [3.8, 4) is 0 Å². The van der Waals surface area contributed by atoms with Crippen LogP contribution in [0, 0.1) is 0 Å². The molecule has 0 saturated carbocycles. The summed E-state index contributed by atoms with van der Waals surface area (Å²) in [6.07, 6.45) is 0. The van der Waals surface area contributed by atoms with Crippen LogP contribution in [0.1, 0.15) is 0 Å². The third kappa shape index (κ3) is 5.52. The fourth-order valence-corrected chi connectivity index (χ4v) is 1.35. The summed E-state index contributed by atoms with van der Waals surface area (Å²) in [5.41, 5.74) is 2.20. The predicted octanol–water partition coefficient (Wildman–Crippen LogP) is 3.79. The second-order valence-electron chi connectivity index (χ2n) is 3.57. The molecule has 0 heterocycles. The largest absolute Gasteiger partial charge is 0.685 e. The molecule has 0 aliphatic rings. The Morgan fingerprint density at radius 3 is 1.94 bits per heavy atom. The topological polar surface area (TPSA) is 17.3 Å². The fraction of sp³-hybridized carbons (Fsp3) is 0.214. The van der Waals surface area contributed by atoms with Crippen molar-refractivity contribution >= 4 is 11.4 Å². The average Bonchev–Trinajstić information content (AvgIpc) is 2.87. The van der Waals surface area contributed by atoms with E-state index in [9.17, 15) is 0 Å². The van der Waals surface area contributed by atoms with Gasteiger partial charge in [-0.2, -0.15) is 18.2 Å². The molecule has 0 atom stereocenters. The van der Waals surface area contributed by atoms with Crippen LogP contribution in [0.25, 0.3) is 5.32 Å². The van der Waals surface area contributed by atoms with E-state index in [1.807, 2.05) is 69.7 Å². The second-order valence-corrected chi connectivity index (χ2v) is 3.57. The van der Waals surface area contributed by atoms with E-state index in [0.29, 0.717) is 0 Å². The molecule has 2 nitrogen and oxygen atoms in total. The minimum Gasteiger partial charge on any atom is -0.685 e. The molecule has 3 heteroatoms. The summed E-state index contributed by atoms with van der Waals surface area (Å²) in [6, 6.07) is 18.1. The molecule has 1 radical (unpaired) electrons. The maximum atomic E-state index is 4.15. The third-order valence-corrected chi connectivity index (χ3v) is 2.16. The summed E-state index contributed by atoms with van der Waals surface area (Å²) in [5, 5.41) is 4.15. The van der Waals surface area contributed by atoms with Crippen LogP contribution in [-0.2, 0) is 16.8 Å². The summed E-state index contributed by atoms with van der Waals surface area (Å²) >= 11 is 0. The van der Waals surface area contributed by atoms with Crippen LogP contribution in [-0.4, -0.2) is 21.1 Å². The first kappa shape index (κ1) is 15.7. The maximum Gasteiger partial charge on any atom is 0.0209 e. The van der Waals surface area contributed by atoms with E-state index in [4.69, 9.17) is 0 Å². The molecule has 0 saturated heterocycles. The summed E-state index contributed by atoms with van der Waals surface area (Å²) in [7, 11) is 5.84. The van der Waals surface area contributed by atoms with Gasteiger partial charge in [-0.05, 0) is 6.07 Å². The van der Waals surface area contributed by atoms with Crippen molar-refractivity contribution in [1.82, 2.24) is 0 Å². The number of para-hydroxylation sites is 2. The Morgan fingerprint density at radius 2 is 1.59 bits per heavy atom. The van der Waals surface area contributed by atoms with Crippen molar-refractivity contribution in [1.29, 1.82) is 0 Å². The molecule has 0 aliphatic carbocycles. The molecule has 0 N–H and O–H groups in total. The first-order valence-corrected chi connectivity index (χ1v) is 5.28. The Balaban J connectivity index is 0.000000360. The van der Waals surface area contributed by atoms with Gasteiger partial charge < -0.3 is 10.2 Å². The Kier molecular flexibility index (Phi) is 8.10. The van der Waals surface area contributed by atoms with E-state index in [1.165, 1.54) is 0 Å². The second kappa shape index (κ2) is 8.79. The summed E-state index contributed by atoms with van der Waals surface area (Å²) in [5.74, 6) is 0. The minimum atomic E-state index is 0. The van der Waals surface area contributed by atoms with Crippen LogP contribution in [0.3, 0.4) is 0 Å².